The summed E-state index contributed by atoms with van der Waals surface area (Å²) >= 11 is 5.99. The number of aliphatic hydroxyl groups is 1. The van der Waals surface area contributed by atoms with Gasteiger partial charge in [-0.2, -0.15) is 0 Å². The minimum atomic E-state index is -0.697. The number of nitrogens with one attached hydrogen (secondary N) is 1. The number of nitrogens with zero attached hydrogens (tertiary/aromatic N) is 1. The van der Waals surface area contributed by atoms with Crippen LogP contribution in [-0.2, 0) is 0 Å². The van der Waals surface area contributed by atoms with E-state index in [9.17, 15) is 9.50 Å². The van der Waals surface area contributed by atoms with Crippen LogP contribution in [0.5, 0.6) is 0 Å². The van der Waals surface area contributed by atoms with Crippen molar-refractivity contribution in [2.45, 2.75) is 50.3 Å². The van der Waals surface area contributed by atoms with Gasteiger partial charge in [-0.25, -0.2) is 4.39 Å². The zero-order chi connectivity index (χ0) is 15.5. The van der Waals surface area contributed by atoms with Crippen LogP contribution in [0.1, 0.15) is 43.8 Å². The summed E-state index contributed by atoms with van der Waals surface area (Å²) in [5.41, 5.74) is 0.586. The Bertz CT molecular complexity index is 501. The van der Waals surface area contributed by atoms with E-state index in [-0.39, 0.29) is 10.8 Å². The predicted octanol–water partition coefficient (Wildman–Crippen LogP) is 3.12. The molecule has 0 aromatic heterocycles. The van der Waals surface area contributed by atoms with E-state index in [1.54, 1.807) is 6.07 Å². The van der Waals surface area contributed by atoms with Crippen molar-refractivity contribution in [1.82, 2.24) is 10.2 Å². The topological polar surface area (TPSA) is 35.5 Å². The van der Waals surface area contributed by atoms with Crippen molar-refractivity contribution in [3.8, 4) is 0 Å². The molecule has 1 aliphatic carbocycles. The van der Waals surface area contributed by atoms with Crippen molar-refractivity contribution < 1.29 is 9.50 Å². The van der Waals surface area contributed by atoms with E-state index in [4.69, 9.17) is 11.6 Å². The molecular weight excluding hydrogens is 303 g/mol. The van der Waals surface area contributed by atoms with Gasteiger partial charge in [-0.15, -0.1) is 0 Å². The second-order valence-electron chi connectivity index (χ2n) is 6.48. The highest BCUT2D eigenvalue weighted by atomic mass is 35.5. The lowest BCUT2D eigenvalue weighted by Gasteiger charge is -2.42. The molecule has 2 aliphatic rings. The minimum absolute atomic E-state index is 0.286. The molecule has 3 nitrogen and oxygen atoms in total. The van der Waals surface area contributed by atoms with Crippen LogP contribution >= 0.6 is 11.6 Å². The monoisotopic (exact) mass is 326 g/mol. The molecule has 0 bridgehead atoms. The number of likely N-dealkylation sites (tertiary alicyclic amines) is 1. The summed E-state index contributed by atoms with van der Waals surface area (Å²) in [5.74, 6) is -0.378. The van der Waals surface area contributed by atoms with Gasteiger partial charge in [-0.1, -0.05) is 24.1 Å². The van der Waals surface area contributed by atoms with Gasteiger partial charge in [0.15, 0.2) is 0 Å². The Morgan fingerprint density at radius 3 is 2.59 bits per heavy atom. The van der Waals surface area contributed by atoms with E-state index in [0.29, 0.717) is 18.2 Å². The number of piperidine rings is 1. The third kappa shape index (κ3) is 3.80. The quantitative estimate of drug-likeness (QED) is 0.872. The zero-order valence-corrected chi connectivity index (χ0v) is 13.5. The van der Waals surface area contributed by atoms with Gasteiger partial charge in [-0.05, 0) is 50.9 Å². The molecule has 5 heteroatoms. The summed E-state index contributed by atoms with van der Waals surface area (Å²) in [6.07, 6.45) is 5.66. The third-order valence-corrected chi connectivity index (χ3v) is 5.37. The van der Waals surface area contributed by atoms with Crippen molar-refractivity contribution in [2.24, 2.45) is 0 Å². The van der Waals surface area contributed by atoms with Crippen LogP contribution in [0.4, 0.5) is 4.39 Å². The summed E-state index contributed by atoms with van der Waals surface area (Å²) in [7, 11) is 0. The van der Waals surface area contributed by atoms with Gasteiger partial charge in [0, 0.05) is 29.2 Å². The summed E-state index contributed by atoms with van der Waals surface area (Å²) in [6, 6.07) is 5.41. The van der Waals surface area contributed by atoms with Crippen LogP contribution in [0.2, 0.25) is 5.02 Å². The van der Waals surface area contributed by atoms with Crippen LogP contribution in [0.25, 0.3) is 0 Å². The lowest BCUT2D eigenvalue weighted by molar-refractivity contribution is 0.0877. The molecule has 1 aromatic carbocycles. The van der Waals surface area contributed by atoms with Crippen LogP contribution in [-0.4, -0.2) is 41.7 Å². The van der Waals surface area contributed by atoms with Gasteiger partial charge in [0.25, 0.3) is 0 Å². The maximum absolute atomic E-state index is 13.0. The van der Waals surface area contributed by atoms with Crippen molar-refractivity contribution in [3.63, 3.8) is 0 Å². The van der Waals surface area contributed by atoms with Crippen LogP contribution in [0.3, 0.4) is 0 Å². The molecule has 0 radical (unpaired) electrons. The highest BCUT2D eigenvalue weighted by Gasteiger charge is 2.28. The van der Waals surface area contributed by atoms with E-state index in [0.717, 1.165) is 32.0 Å². The van der Waals surface area contributed by atoms with E-state index < -0.39 is 6.10 Å². The van der Waals surface area contributed by atoms with Crippen LogP contribution in [0.15, 0.2) is 18.2 Å². The first kappa shape index (κ1) is 16.2. The maximum Gasteiger partial charge on any atom is 0.124 e. The fourth-order valence-corrected chi connectivity index (χ4v) is 3.67. The summed E-state index contributed by atoms with van der Waals surface area (Å²) in [5, 5.41) is 13.9. The SMILES string of the molecule is OC(CNC1CCN(C2CCC2)CC1)c1ccc(F)cc1Cl. The average Bonchev–Trinajstić information content (AvgIpc) is 2.44. The molecule has 3 rings (SSSR count). The molecular formula is C17H24ClFN2O. The Morgan fingerprint density at radius 2 is 2.00 bits per heavy atom. The Hall–Kier alpha value is -0.680. The van der Waals surface area contributed by atoms with Crippen LogP contribution < -0.4 is 5.32 Å². The van der Waals surface area contributed by atoms with E-state index >= 15 is 0 Å². The molecule has 1 aliphatic heterocycles. The Labute approximate surface area is 136 Å². The maximum atomic E-state index is 13.0. The molecule has 0 amide bonds. The molecule has 1 saturated heterocycles. The van der Waals surface area contributed by atoms with Gasteiger partial charge >= 0.3 is 0 Å². The molecule has 2 N–H and O–H groups in total. The fraction of sp³-hybridized carbons (Fsp3) is 0.647. The van der Waals surface area contributed by atoms with E-state index in [1.165, 1.54) is 31.4 Å². The molecule has 1 aromatic rings. The highest BCUT2D eigenvalue weighted by Crippen LogP contribution is 2.28. The van der Waals surface area contributed by atoms with Crippen molar-refractivity contribution in [1.29, 1.82) is 0 Å². The minimum Gasteiger partial charge on any atom is -0.387 e. The molecule has 1 unspecified atom stereocenters. The summed E-state index contributed by atoms with van der Waals surface area (Å²) < 4.78 is 13.0. The van der Waals surface area contributed by atoms with Gasteiger partial charge in [0.1, 0.15) is 5.82 Å². The number of hydrogen-bond acceptors (Lipinski definition) is 3. The Morgan fingerprint density at radius 1 is 1.27 bits per heavy atom. The highest BCUT2D eigenvalue weighted by molar-refractivity contribution is 6.31. The van der Waals surface area contributed by atoms with Gasteiger partial charge in [0.2, 0.25) is 0 Å². The third-order valence-electron chi connectivity index (χ3n) is 5.04. The number of rotatable bonds is 5. The normalized spacial score (nSPS) is 22.5. The number of halogens is 2. The number of benzene rings is 1. The zero-order valence-electron chi connectivity index (χ0n) is 12.8. The standard InChI is InChI=1S/C17H24ClFN2O/c18-16-10-12(19)4-5-15(16)17(22)11-20-13-6-8-21(9-7-13)14-2-1-3-14/h4-5,10,13-14,17,20,22H,1-3,6-9,11H2. The lowest BCUT2D eigenvalue weighted by atomic mass is 9.89. The van der Waals surface area contributed by atoms with Gasteiger partial charge in [0.05, 0.1) is 6.10 Å². The van der Waals surface area contributed by atoms with Gasteiger partial charge in [-0.3, -0.25) is 0 Å². The van der Waals surface area contributed by atoms with Gasteiger partial charge < -0.3 is 15.3 Å². The number of hydrogen-bond donors (Lipinski definition) is 2. The first-order chi connectivity index (χ1) is 10.6. The second-order valence-corrected chi connectivity index (χ2v) is 6.89. The Kier molecular flexibility index (Phi) is 5.34. The van der Waals surface area contributed by atoms with Crippen molar-refractivity contribution in [2.75, 3.05) is 19.6 Å². The number of aliphatic hydroxyl groups excluding tert-OH is 1. The summed E-state index contributed by atoms with van der Waals surface area (Å²) in [6.45, 7) is 2.75. The largest absolute Gasteiger partial charge is 0.387 e. The summed E-state index contributed by atoms with van der Waals surface area (Å²) in [4.78, 5) is 2.61. The van der Waals surface area contributed by atoms with Crippen molar-refractivity contribution in [3.05, 3.63) is 34.6 Å². The second kappa shape index (κ2) is 7.26. The van der Waals surface area contributed by atoms with Crippen molar-refractivity contribution >= 4 is 11.6 Å². The first-order valence-corrected chi connectivity index (χ1v) is 8.61. The molecule has 1 heterocycles. The molecule has 0 spiro atoms. The van der Waals surface area contributed by atoms with E-state index in [1.807, 2.05) is 0 Å². The molecule has 122 valence electrons. The predicted molar refractivity (Wildman–Crippen MR) is 86.6 cm³/mol. The first-order valence-electron chi connectivity index (χ1n) is 8.24. The molecule has 1 saturated carbocycles. The average molecular weight is 327 g/mol. The fourth-order valence-electron chi connectivity index (χ4n) is 3.38. The van der Waals surface area contributed by atoms with Crippen LogP contribution in [0, 0.1) is 5.82 Å². The lowest BCUT2D eigenvalue weighted by Crippen LogP contribution is -2.49. The molecule has 1 atom stereocenters. The molecule has 22 heavy (non-hydrogen) atoms. The smallest absolute Gasteiger partial charge is 0.124 e. The Balaban J connectivity index is 1.44. The molecule has 2 fully saturated rings. The van der Waals surface area contributed by atoms with E-state index in [2.05, 4.69) is 10.2 Å².